The van der Waals surface area contributed by atoms with Gasteiger partial charge in [0.1, 0.15) is 12.4 Å². The lowest BCUT2D eigenvalue weighted by Gasteiger charge is -2.26. The standard InChI is InChI=1S/C24H39NO7S/c1-22(2,3)20(26)31-14-17-12-16(10-11-19(17)32-21(27)23(4,5)6)18(15-33(28,29)30)13-25-24(7,8)9/h10-12,18,25H,13-15H2,1-9H3,(H,28,29,30). The minimum absolute atomic E-state index is 0.151. The Morgan fingerprint density at radius 3 is 1.97 bits per heavy atom. The Labute approximate surface area is 198 Å². The van der Waals surface area contributed by atoms with E-state index in [-0.39, 0.29) is 24.4 Å². The van der Waals surface area contributed by atoms with Crippen LogP contribution >= 0.6 is 0 Å². The zero-order chi connectivity index (χ0) is 25.8. The molecule has 0 bridgehead atoms. The highest BCUT2D eigenvalue weighted by Gasteiger charge is 2.28. The smallest absolute Gasteiger partial charge is 0.316 e. The fourth-order valence-corrected chi connectivity index (χ4v) is 3.45. The first-order valence-corrected chi connectivity index (χ1v) is 12.5. The first-order chi connectivity index (χ1) is 14.7. The number of rotatable bonds is 8. The number of nitrogens with one attached hydrogen (secondary N) is 1. The molecule has 188 valence electrons. The summed E-state index contributed by atoms with van der Waals surface area (Å²) in [6.45, 7) is 16.3. The van der Waals surface area contributed by atoms with Gasteiger partial charge in [0.05, 0.1) is 16.6 Å². The maximum atomic E-state index is 12.5. The SMILES string of the molecule is CC(C)(C)NCC(CS(=O)(=O)O)c1ccc(OC(=O)C(C)(C)C)c(COC(=O)C(C)(C)C)c1. The zero-order valence-corrected chi connectivity index (χ0v) is 22.1. The minimum atomic E-state index is -4.26. The Balaban J connectivity index is 3.38. The summed E-state index contributed by atoms with van der Waals surface area (Å²) in [6.07, 6.45) is 0. The molecule has 33 heavy (non-hydrogen) atoms. The maximum Gasteiger partial charge on any atom is 0.316 e. The van der Waals surface area contributed by atoms with Gasteiger partial charge in [0.15, 0.2) is 0 Å². The summed E-state index contributed by atoms with van der Waals surface area (Å²) in [7, 11) is -4.26. The van der Waals surface area contributed by atoms with Gasteiger partial charge in [-0.05, 0) is 80.0 Å². The molecule has 0 amide bonds. The molecule has 0 saturated carbocycles. The molecule has 0 aliphatic carbocycles. The van der Waals surface area contributed by atoms with Gasteiger partial charge in [-0.2, -0.15) is 8.42 Å². The van der Waals surface area contributed by atoms with E-state index in [4.69, 9.17) is 9.47 Å². The molecule has 0 aliphatic heterocycles. The molecule has 0 radical (unpaired) electrons. The fourth-order valence-electron chi connectivity index (χ4n) is 2.64. The van der Waals surface area contributed by atoms with Gasteiger partial charge in [0.2, 0.25) is 0 Å². The molecule has 1 rings (SSSR count). The number of esters is 2. The quantitative estimate of drug-likeness (QED) is 0.321. The normalized spacial score (nSPS) is 14.0. The van der Waals surface area contributed by atoms with Crippen molar-refractivity contribution >= 4 is 22.1 Å². The second-order valence-corrected chi connectivity index (χ2v) is 12.9. The van der Waals surface area contributed by atoms with Gasteiger partial charge in [-0.15, -0.1) is 0 Å². The second-order valence-electron chi connectivity index (χ2n) is 11.4. The third kappa shape index (κ3) is 10.7. The highest BCUT2D eigenvalue weighted by Crippen LogP contribution is 2.29. The lowest BCUT2D eigenvalue weighted by atomic mass is 9.96. The van der Waals surface area contributed by atoms with Crippen molar-refractivity contribution in [1.82, 2.24) is 5.32 Å². The molecule has 1 aromatic rings. The summed E-state index contributed by atoms with van der Waals surface area (Å²) in [4.78, 5) is 24.7. The molecule has 0 aliphatic rings. The van der Waals surface area contributed by atoms with Crippen molar-refractivity contribution in [3.8, 4) is 5.75 Å². The molecule has 0 aromatic heterocycles. The molecular formula is C24H39NO7S. The molecule has 1 aromatic carbocycles. The number of hydrogen-bond donors (Lipinski definition) is 2. The Hall–Kier alpha value is -1.97. The number of carbonyl (C=O) groups excluding carboxylic acids is 2. The van der Waals surface area contributed by atoms with E-state index in [0.717, 1.165) is 0 Å². The van der Waals surface area contributed by atoms with E-state index in [0.29, 0.717) is 11.1 Å². The predicted molar refractivity (Wildman–Crippen MR) is 128 cm³/mol. The Kier molecular flexibility index (Phi) is 9.27. The summed E-state index contributed by atoms with van der Waals surface area (Å²) >= 11 is 0. The second kappa shape index (κ2) is 10.5. The molecule has 0 saturated heterocycles. The van der Waals surface area contributed by atoms with Crippen LogP contribution in [0.1, 0.15) is 79.4 Å². The minimum Gasteiger partial charge on any atom is -0.460 e. The van der Waals surface area contributed by atoms with Crippen LogP contribution in [0, 0.1) is 10.8 Å². The highest BCUT2D eigenvalue weighted by atomic mass is 32.2. The molecule has 9 heteroatoms. The van der Waals surface area contributed by atoms with Crippen molar-refractivity contribution in [3.63, 3.8) is 0 Å². The van der Waals surface area contributed by atoms with Crippen molar-refractivity contribution < 1.29 is 32.0 Å². The third-order valence-corrected chi connectivity index (χ3v) is 5.46. The van der Waals surface area contributed by atoms with E-state index >= 15 is 0 Å². The Morgan fingerprint density at radius 1 is 0.970 bits per heavy atom. The number of ether oxygens (including phenoxy) is 2. The van der Waals surface area contributed by atoms with Crippen LogP contribution < -0.4 is 10.1 Å². The van der Waals surface area contributed by atoms with Crippen molar-refractivity contribution in [1.29, 1.82) is 0 Å². The van der Waals surface area contributed by atoms with Gasteiger partial charge in [-0.1, -0.05) is 6.07 Å². The average Bonchev–Trinajstić information content (AvgIpc) is 2.60. The van der Waals surface area contributed by atoms with E-state index in [1.807, 2.05) is 20.8 Å². The zero-order valence-electron chi connectivity index (χ0n) is 21.2. The summed E-state index contributed by atoms with van der Waals surface area (Å²) in [5, 5.41) is 3.25. The van der Waals surface area contributed by atoms with Gasteiger partial charge in [-0.3, -0.25) is 14.1 Å². The van der Waals surface area contributed by atoms with Crippen LogP contribution in [-0.4, -0.2) is 42.7 Å². The summed E-state index contributed by atoms with van der Waals surface area (Å²) < 4.78 is 43.8. The van der Waals surface area contributed by atoms with Gasteiger partial charge in [0.25, 0.3) is 10.1 Å². The Bertz CT molecular complexity index is 948. The number of carbonyl (C=O) groups is 2. The molecule has 0 heterocycles. The van der Waals surface area contributed by atoms with Crippen LogP contribution in [0.15, 0.2) is 18.2 Å². The van der Waals surface area contributed by atoms with Crippen LogP contribution in [0.3, 0.4) is 0 Å². The van der Waals surface area contributed by atoms with E-state index in [2.05, 4.69) is 5.32 Å². The van der Waals surface area contributed by atoms with E-state index in [1.54, 1.807) is 59.7 Å². The molecule has 1 atom stereocenters. The summed E-state index contributed by atoms with van der Waals surface area (Å²) in [6, 6.07) is 4.87. The summed E-state index contributed by atoms with van der Waals surface area (Å²) in [5.74, 6) is -1.72. The molecule has 0 spiro atoms. The van der Waals surface area contributed by atoms with Crippen LogP contribution in [0.2, 0.25) is 0 Å². The first kappa shape index (κ1) is 29.1. The topological polar surface area (TPSA) is 119 Å². The molecule has 0 fully saturated rings. The van der Waals surface area contributed by atoms with Crippen molar-refractivity contribution in [2.24, 2.45) is 10.8 Å². The van der Waals surface area contributed by atoms with Gasteiger partial charge < -0.3 is 14.8 Å². The van der Waals surface area contributed by atoms with Crippen LogP contribution in [0.4, 0.5) is 0 Å². The molecule has 8 nitrogen and oxygen atoms in total. The van der Waals surface area contributed by atoms with E-state index < -0.39 is 44.6 Å². The summed E-state index contributed by atoms with van der Waals surface area (Å²) in [5.41, 5.74) is -0.711. The van der Waals surface area contributed by atoms with E-state index in [9.17, 15) is 22.6 Å². The first-order valence-electron chi connectivity index (χ1n) is 10.9. The number of benzene rings is 1. The molecule has 2 N–H and O–H groups in total. The highest BCUT2D eigenvalue weighted by molar-refractivity contribution is 7.85. The van der Waals surface area contributed by atoms with Crippen LogP contribution in [-0.2, 0) is 31.1 Å². The maximum absolute atomic E-state index is 12.5. The van der Waals surface area contributed by atoms with Gasteiger partial charge in [-0.25, -0.2) is 0 Å². The van der Waals surface area contributed by atoms with Gasteiger partial charge >= 0.3 is 11.9 Å². The molecule has 1 unspecified atom stereocenters. The lowest BCUT2D eigenvalue weighted by molar-refractivity contribution is -0.154. The van der Waals surface area contributed by atoms with Crippen molar-refractivity contribution in [3.05, 3.63) is 29.3 Å². The largest absolute Gasteiger partial charge is 0.460 e. The molecular weight excluding hydrogens is 446 g/mol. The van der Waals surface area contributed by atoms with Gasteiger partial charge in [0, 0.05) is 23.6 Å². The van der Waals surface area contributed by atoms with Crippen LogP contribution in [0.5, 0.6) is 5.75 Å². The monoisotopic (exact) mass is 485 g/mol. The lowest BCUT2D eigenvalue weighted by Crippen LogP contribution is -2.39. The van der Waals surface area contributed by atoms with Crippen molar-refractivity contribution in [2.45, 2.75) is 80.4 Å². The third-order valence-electron chi connectivity index (χ3n) is 4.63. The van der Waals surface area contributed by atoms with E-state index in [1.165, 1.54) is 0 Å². The van der Waals surface area contributed by atoms with Crippen LogP contribution in [0.25, 0.3) is 0 Å². The number of hydrogen-bond acceptors (Lipinski definition) is 7. The van der Waals surface area contributed by atoms with Crippen molar-refractivity contribution in [2.75, 3.05) is 12.3 Å². The predicted octanol–water partition coefficient (Wildman–Crippen LogP) is 4.09. The average molecular weight is 486 g/mol. The fraction of sp³-hybridized carbons (Fsp3) is 0.667. The Morgan fingerprint density at radius 2 is 1.52 bits per heavy atom.